The molecule has 0 unspecified atom stereocenters. The van der Waals surface area contributed by atoms with E-state index in [4.69, 9.17) is 17.3 Å². The standard InChI is InChI=1S/C9H9ClF2N2O2/c10-7-2-1-5(14(15)16)3-6(7)8(13)4-9(11)12/h1-3,8-9H,4,13H2/t8-/m1/s1. The minimum atomic E-state index is -2.58. The van der Waals surface area contributed by atoms with Crippen LogP contribution in [0.3, 0.4) is 0 Å². The summed E-state index contributed by atoms with van der Waals surface area (Å²) >= 11 is 5.73. The molecule has 0 fully saturated rings. The summed E-state index contributed by atoms with van der Waals surface area (Å²) in [5, 5.41) is 10.6. The molecule has 16 heavy (non-hydrogen) atoms. The van der Waals surface area contributed by atoms with Crippen LogP contribution in [0, 0.1) is 10.1 Å². The van der Waals surface area contributed by atoms with Gasteiger partial charge in [-0.25, -0.2) is 8.78 Å². The number of non-ortho nitro benzene ring substituents is 1. The maximum absolute atomic E-state index is 12.1. The number of nitro groups is 1. The highest BCUT2D eigenvalue weighted by Gasteiger charge is 2.18. The zero-order chi connectivity index (χ0) is 12.3. The molecule has 0 radical (unpaired) electrons. The Kier molecular flexibility index (Phi) is 4.14. The number of nitrogens with two attached hydrogens (primary N) is 1. The molecule has 0 aliphatic carbocycles. The Morgan fingerprint density at radius 2 is 2.12 bits per heavy atom. The Labute approximate surface area is 95.2 Å². The lowest BCUT2D eigenvalue weighted by Crippen LogP contribution is -2.14. The van der Waals surface area contributed by atoms with Gasteiger partial charge in [-0.3, -0.25) is 10.1 Å². The molecule has 0 bridgehead atoms. The summed E-state index contributed by atoms with van der Waals surface area (Å²) in [7, 11) is 0. The number of rotatable bonds is 4. The van der Waals surface area contributed by atoms with Crippen LogP contribution in [0.1, 0.15) is 18.0 Å². The first-order valence-electron chi connectivity index (χ1n) is 4.39. The second-order valence-electron chi connectivity index (χ2n) is 3.20. The van der Waals surface area contributed by atoms with Crippen molar-refractivity contribution in [3.05, 3.63) is 38.9 Å². The molecule has 0 heterocycles. The quantitative estimate of drug-likeness (QED) is 0.660. The van der Waals surface area contributed by atoms with Crippen LogP contribution >= 0.6 is 11.6 Å². The highest BCUT2D eigenvalue weighted by molar-refractivity contribution is 6.31. The molecule has 2 N–H and O–H groups in total. The number of nitro benzene ring substituents is 1. The molecule has 1 rings (SSSR count). The van der Waals surface area contributed by atoms with Crippen LogP contribution in [-0.2, 0) is 0 Å². The molecule has 0 aromatic heterocycles. The summed E-state index contributed by atoms with van der Waals surface area (Å²) in [6.07, 6.45) is -3.16. The van der Waals surface area contributed by atoms with Crippen molar-refractivity contribution in [1.29, 1.82) is 0 Å². The van der Waals surface area contributed by atoms with Crippen molar-refractivity contribution >= 4 is 17.3 Å². The third kappa shape index (κ3) is 3.11. The molecule has 0 aliphatic heterocycles. The summed E-state index contributed by atoms with van der Waals surface area (Å²) in [4.78, 5) is 9.85. The molecule has 0 saturated heterocycles. The summed E-state index contributed by atoms with van der Waals surface area (Å²) in [6, 6.07) is 2.59. The Morgan fingerprint density at radius 1 is 1.50 bits per heavy atom. The molecule has 0 spiro atoms. The minimum Gasteiger partial charge on any atom is -0.324 e. The number of benzene rings is 1. The minimum absolute atomic E-state index is 0.152. The van der Waals surface area contributed by atoms with Crippen molar-refractivity contribution in [1.82, 2.24) is 0 Å². The number of hydrogen-bond acceptors (Lipinski definition) is 3. The summed E-state index contributed by atoms with van der Waals surface area (Å²) < 4.78 is 24.2. The van der Waals surface area contributed by atoms with Crippen molar-refractivity contribution < 1.29 is 13.7 Å². The molecule has 1 aromatic carbocycles. The average Bonchev–Trinajstić information content (AvgIpc) is 2.16. The Hall–Kier alpha value is -1.27. The van der Waals surface area contributed by atoms with Gasteiger partial charge in [0, 0.05) is 29.6 Å². The van der Waals surface area contributed by atoms with Gasteiger partial charge >= 0.3 is 0 Å². The number of halogens is 3. The van der Waals surface area contributed by atoms with E-state index < -0.39 is 23.8 Å². The van der Waals surface area contributed by atoms with E-state index in [1.54, 1.807) is 0 Å². The van der Waals surface area contributed by atoms with Gasteiger partial charge in [0.25, 0.3) is 5.69 Å². The van der Waals surface area contributed by atoms with Crippen LogP contribution in [-0.4, -0.2) is 11.3 Å². The van der Waals surface area contributed by atoms with Crippen molar-refractivity contribution in [3.63, 3.8) is 0 Å². The van der Waals surface area contributed by atoms with Crippen molar-refractivity contribution in [2.45, 2.75) is 18.9 Å². The van der Waals surface area contributed by atoms with Crippen LogP contribution in [0.5, 0.6) is 0 Å². The fourth-order valence-electron chi connectivity index (χ4n) is 1.25. The monoisotopic (exact) mass is 250 g/mol. The van der Waals surface area contributed by atoms with E-state index in [0.717, 1.165) is 6.07 Å². The summed E-state index contributed by atoms with van der Waals surface area (Å²) in [6.45, 7) is 0. The summed E-state index contributed by atoms with van der Waals surface area (Å²) in [5.74, 6) is 0. The SMILES string of the molecule is N[C@H](CC(F)F)c1cc([N+](=O)[O-])ccc1Cl. The lowest BCUT2D eigenvalue weighted by atomic mass is 10.0. The Bertz CT molecular complexity index is 401. The van der Waals surface area contributed by atoms with Gasteiger partial charge in [-0.15, -0.1) is 0 Å². The molecule has 0 aliphatic rings. The third-order valence-electron chi connectivity index (χ3n) is 2.02. The molecular weight excluding hydrogens is 242 g/mol. The number of hydrogen-bond donors (Lipinski definition) is 1. The normalized spacial score (nSPS) is 12.8. The molecule has 7 heteroatoms. The third-order valence-corrected chi connectivity index (χ3v) is 2.37. The van der Waals surface area contributed by atoms with Crippen LogP contribution < -0.4 is 5.73 Å². The largest absolute Gasteiger partial charge is 0.324 e. The van der Waals surface area contributed by atoms with Gasteiger partial charge in [0.15, 0.2) is 0 Å². The van der Waals surface area contributed by atoms with Crippen LogP contribution in [0.15, 0.2) is 18.2 Å². The number of alkyl halides is 2. The molecule has 4 nitrogen and oxygen atoms in total. The molecule has 0 saturated carbocycles. The van der Waals surface area contributed by atoms with E-state index in [1.807, 2.05) is 0 Å². The molecular formula is C9H9ClF2N2O2. The molecule has 1 atom stereocenters. The molecule has 88 valence electrons. The van der Waals surface area contributed by atoms with E-state index >= 15 is 0 Å². The predicted octanol–water partition coefficient (Wildman–Crippen LogP) is 2.90. The first-order valence-corrected chi connectivity index (χ1v) is 4.77. The molecule has 1 aromatic rings. The first-order chi connectivity index (χ1) is 7.41. The van der Waals surface area contributed by atoms with Gasteiger partial charge in [-0.1, -0.05) is 11.6 Å². The van der Waals surface area contributed by atoms with E-state index in [0.29, 0.717) is 0 Å². The van der Waals surface area contributed by atoms with E-state index in [-0.39, 0.29) is 16.3 Å². The molecule has 0 amide bonds. The maximum atomic E-state index is 12.1. The fourth-order valence-corrected chi connectivity index (χ4v) is 1.51. The predicted molar refractivity (Wildman–Crippen MR) is 55.7 cm³/mol. The zero-order valence-electron chi connectivity index (χ0n) is 8.07. The highest BCUT2D eigenvalue weighted by Crippen LogP contribution is 2.29. The topological polar surface area (TPSA) is 69.2 Å². The van der Waals surface area contributed by atoms with Crippen LogP contribution in [0.4, 0.5) is 14.5 Å². The lowest BCUT2D eigenvalue weighted by Gasteiger charge is -2.12. The number of nitrogens with zero attached hydrogens (tertiary/aromatic N) is 1. The fraction of sp³-hybridized carbons (Fsp3) is 0.333. The lowest BCUT2D eigenvalue weighted by molar-refractivity contribution is -0.384. The Balaban J connectivity index is 3.02. The second kappa shape index (κ2) is 5.18. The smallest absolute Gasteiger partial charge is 0.269 e. The van der Waals surface area contributed by atoms with Crippen molar-refractivity contribution in [2.75, 3.05) is 0 Å². The average molecular weight is 251 g/mol. The van der Waals surface area contributed by atoms with Crippen molar-refractivity contribution in [3.8, 4) is 0 Å². The maximum Gasteiger partial charge on any atom is 0.269 e. The van der Waals surface area contributed by atoms with Crippen molar-refractivity contribution in [2.24, 2.45) is 5.73 Å². The van der Waals surface area contributed by atoms with Crippen LogP contribution in [0.25, 0.3) is 0 Å². The Morgan fingerprint density at radius 3 is 2.62 bits per heavy atom. The van der Waals surface area contributed by atoms with Crippen LogP contribution in [0.2, 0.25) is 5.02 Å². The zero-order valence-corrected chi connectivity index (χ0v) is 8.82. The first kappa shape index (κ1) is 12.8. The van der Waals surface area contributed by atoms with Gasteiger partial charge in [-0.05, 0) is 11.6 Å². The van der Waals surface area contributed by atoms with E-state index in [1.165, 1.54) is 12.1 Å². The van der Waals surface area contributed by atoms with Gasteiger partial charge in [0.05, 0.1) is 4.92 Å². The highest BCUT2D eigenvalue weighted by atomic mass is 35.5. The van der Waals surface area contributed by atoms with Gasteiger partial charge in [-0.2, -0.15) is 0 Å². The van der Waals surface area contributed by atoms with E-state index in [2.05, 4.69) is 0 Å². The van der Waals surface area contributed by atoms with Gasteiger partial charge < -0.3 is 5.73 Å². The second-order valence-corrected chi connectivity index (χ2v) is 3.60. The summed E-state index contributed by atoms with van der Waals surface area (Å²) in [5.41, 5.74) is 5.42. The van der Waals surface area contributed by atoms with Gasteiger partial charge in [0.2, 0.25) is 6.43 Å². The van der Waals surface area contributed by atoms with E-state index in [9.17, 15) is 18.9 Å². The van der Waals surface area contributed by atoms with Gasteiger partial charge in [0.1, 0.15) is 0 Å².